The summed E-state index contributed by atoms with van der Waals surface area (Å²) >= 11 is 3.51. The maximum absolute atomic E-state index is 3.66. The van der Waals surface area contributed by atoms with E-state index in [1.165, 1.54) is 17.4 Å². The van der Waals surface area contributed by atoms with E-state index in [9.17, 15) is 0 Å². The normalized spacial score (nSPS) is 17.4. The monoisotopic (exact) mass is 254 g/mol. The van der Waals surface area contributed by atoms with Gasteiger partial charge in [0, 0.05) is 0 Å². The van der Waals surface area contributed by atoms with Crippen LogP contribution >= 0.6 is 13.6 Å². The molecule has 4 heteroatoms. The summed E-state index contributed by atoms with van der Waals surface area (Å²) in [6.45, 7) is 0. The van der Waals surface area contributed by atoms with Gasteiger partial charge in [0.15, 0.2) is 0 Å². The Morgan fingerprint density at radius 1 is 1.22 bits per heavy atom. The third-order valence-corrected chi connectivity index (χ3v) is 9.08. The second kappa shape index (κ2) is 8.09. The minimum absolute atomic E-state index is 0. The molecule has 0 aromatic heterocycles. The summed E-state index contributed by atoms with van der Waals surface area (Å²) in [5.41, 5.74) is 0. The van der Waals surface area contributed by atoms with Gasteiger partial charge in [0.05, 0.1) is 0 Å². The average Bonchev–Trinajstić information content (AvgIpc) is 2.14. The van der Waals surface area contributed by atoms with Crippen molar-refractivity contribution in [2.75, 3.05) is 0 Å². The summed E-state index contributed by atoms with van der Waals surface area (Å²) in [5, 5.41) is 0. The second-order valence-corrected chi connectivity index (χ2v) is 8.74. The molecule has 1 fully saturated rings. The molecule has 0 radical (unpaired) electrons. The molecule has 1 saturated carbocycles. The Morgan fingerprint density at radius 2 is 1.67 bits per heavy atom. The molecule has 0 atom stereocenters. The van der Waals surface area contributed by atoms with Gasteiger partial charge in [-0.05, 0) is 0 Å². The predicted molar refractivity (Wildman–Crippen MR) is 31.1 cm³/mol. The molecule has 0 heterocycles. The number of halogens is 2. The standard InChI is InChI=1S/C5H9.BrH.ClH.Li.Zn/c1-2-4-5-3-1;;;;/h1H,2-5H2;2*1H;;/q;;;2*+1/p-2. The first kappa shape index (κ1) is 13.6. The molecule has 0 amide bonds. The molecule has 0 aromatic rings. The molecule has 0 spiro atoms. The van der Waals surface area contributed by atoms with Gasteiger partial charge in [-0.1, -0.05) is 0 Å². The Balaban J connectivity index is 0. The molecule has 9 heavy (non-hydrogen) atoms. The van der Waals surface area contributed by atoms with Crippen LogP contribution in [0.3, 0.4) is 0 Å². The van der Waals surface area contributed by atoms with Crippen molar-refractivity contribution in [1.29, 1.82) is 0 Å². The van der Waals surface area contributed by atoms with Crippen molar-refractivity contribution < 1.29 is 46.4 Å². The summed E-state index contributed by atoms with van der Waals surface area (Å²) in [5.74, 6) is 0. The molecular weight excluding hydrogens is 248 g/mol. The van der Waals surface area contributed by atoms with E-state index < -0.39 is 0 Å². The molecule has 0 aliphatic heterocycles. The van der Waals surface area contributed by atoms with Gasteiger partial charge < -0.3 is 12.4 Å². The molecule has 0 saturated heterocycles. The molecule has 46 valence electrons. The van der Waals surface area contributed by atoms with Gasteiger partial charge in [-0.2, -0.15) is 0 Å². The molecule has 0 aromatic carbocycles. The van der Waals surface area contributed by atoms with Gasteiger partial charge in [-0.15, -0.1) is 0 Å². The van der Waals surface area contributed by atoms with Crippen molar-refractivity contribution in [3.8, 4) is 0 Å². The smallest absolute Gasteiger partial charge is 1.00 e. The van der Waals surface area contributed by atoms with Crippen molar-refractivity contribution in [2.24, 2.45) is 0 Å². The zero-order chi connectivity index (χ0) is 5.11. The van der Waals surface area contributed by atoms with Crippen molar-refractivity contribution in [2.45, 2.75) is 30.2 Å². The van der Waals surface area contributed by atoms with Crippen LogP contribution < -0.4 is 31.3 Å². The van der Waals surface area contributed by atoms with Crippen LogP contribution in [0, 0.1) is 0 Å². The van der Waals surface area contributed by atoms with E-state index >= 15 is 0 Å². The molecule has 1 rings (SSSR count). The number of hydrogen-bond acceptors (Lipinski definition) is 0. The van der Waals surface area contributed by atoms with Crippen LogP contribution in [0.25, 0.3) is 0 Å². The van der Waals surface area contributed by atoms with Crippen molar-refractivity contribution in [3.05, 3.63) is 0 Å². The summed E-state index contributed by atoms with van der Waals surface area (Å²) in [7, 11) is 0. The van der Waals surface area contributed by atoms with E-state index in [0.29, 0.717) is 0 Å². The predicted octanol–water partition coefficient (Wildman–Crippen LogP) is -3.25. The van der Waals surface area contributed by atoms with E-state index in [1.54, 1.807) is 12.8 Å². The fourth-order valence-electron chi connectivity index (χ4n) is 1.16. The topological polar surface area (TPSA) is 0 Å². The molecule has 0 unspecified atom stereocenters. The van der Waals surface area contributed by atoms with Crippen LogP contribution in [0.15, 0.2) is 0 Å². The minimum atomic E-state index is -0.156. The molecule has 1 aliphatic rings. The zero-order valence-electron chi connectivity index (χ0n) is 5.87. The molecule has 0 nitrogen and oxygen atoms in total. The van der Waals surface area contributed by atoms with E-state index in [-0.39, 0.29) is 46.4 Å². The van der Waals surface area contributed by atoms with Crippen molar-refractivity contribution in [3.63, 3.8) is 0 Å². The Morgan fingerprint density at radius 3 is 1.89 bits per heavy atom. The van der Waals surface area contributed by atoms with Crippen LogP contribution in [0.1, 0.15) is 25.7 Å². The Bertz CT molecular complexity index is 58.9. The molecule has 0 bridgehead atoms. The Hall–Kier alpha value is 1.99. The van der Waals surface area contributed by atoms with Gasteiger partial charge in [0.25, 0.3) is 0 Å². The summed E-state index contributed by atoms with van der Waals surface area (Å²) < 4.78 is 1.20. The fourth-order valence-corrected chi connectivity index (χ4v) is 6.39. The zero-order valence-corrected chi connectivity index (χ0v) is 11.2. The van der Waals surface area contributed by atoms with Crippen LogP contribution in [0.5, 0.6) is 0 Å². The third-order valence-electron chi connectivity index (χ3n) is 1.69. The van der Waals surface area contributed by atoms with Crippen LogP contribution in [0.2, 0.25) is 4.51 Å². The SMILES string of the molecule is [Br][Zn][CH]1CCCC1.[Cl-].[Li+]. The van der Waals surface area contributed by atoms with E-state index in [0.717, 1.165) is 0 Å². The number of rotatable bonds is 1. The molecular formula is C5H9BrClLiZn. The largest absolute Gasteiger partial charge is 1.00 e. The van der Waals surface area contributed by atoms with E-state index in [4.69, 9.17) is 0 Å². The van der Waals surface area contributed by atoms with E-state index in [1.807, 2.05) is 0 Å². The van der Waals surface area contributed by atoms with Gasteiger partial charge in [0.1, 0.15) is 0 Å². The van der Waals surface area contributed by atoms with E-state index in [2.05, 4.69) is 13.6 Å². The Labute approximate surface area is 89.5 Å². The van der Waals surface area contributed by atoms with Crippen LogP contribution in [-0.4, -0.2) is 0 Å². The molecule has 0 N–H and O–H groups in total. The van der Waals surface area contributed by atoms with Gasteiger partial charge in [-0.25, -0.2) is 0 Å². The minimum Gasteiger partial charge on any atom is -1.00 e. The van der Waals surface area contributed by atoms with Crippen LogP contribution in [-0.2, 0) is 15.2 Å². The summed E-state index contributed by atoms with van der Waals surface area (Å²) in [6.07, 6.45) is 6.12. The van der Waals surface area contributed by atoms with Gasteiger partial charge >= 0.3 is 77.8 Å². The third kappa shape index (κ3) is 5.28. The maximum Gasteiger partial charge on any atom is 1.00 e. The Kier molecular flexibility index (Phi) is 12.2. The van der Waals surface area contributed by atoms with Gasteiger partial charge in [0.2, 0.25) is 0 Å². The maximum atomic E-state index is 3.66. The fraction of sp³-hybridized carbons (Fsp3) is 1.00. The first-order chi connectivity index (χ1) is 3.43. The van der Waals surface area contributed by atoms with Crippen molar-refractivity contribution >= 4 is 13.6 Å². The second-order valence-electron chi connectivity index (χ2n) is 2.30. The summed E-state index contributed by atoms with van der Waals surface area (Å²) in [6, 6.07) is 0. The first-order valence-electron chi connectivity index (χ1n) is 2.99. The number of hydrogen-bond donors (Lipinski definition) is 0. The average molecular weight is 257 g/mol. The van der Waals surface area contributed by atoms with Gasteiger partial charge in [-0.3, -0.25) is 0 Å². The molecule has 1 aliphatic carbocycles. The van der Waals surface area contributed by atoms with Crippen molar-refractivity contribution in [1.82, 2.24) is 0 Å². The first-order valence-corrected chi connectivity index (χ1v) is 11.7. The van der Waals surface area contributed by atoms with Crippen LogP contribution in [0.4, 0.5) is 0 Å². The quantitative estimate of drug-likeness (QED) is 0.433. The summed E-state index contributed by atoms with van der Waals surface area (Å²) in [4.78, 5) is 0.